The molecule has 0 aliphatic carbocycles. The van der Waals surface area contributed by atoms with Crippen molar-refractivity contribution in [3.63, 3.8) is 0 Å². The van der Waals surface area contributed by atoms with E-state index in [0.717, 1.165) is 11.3 Å². The Kier molecular flexibility index (Phi) is 4.73. The molecule has 2 aromatic rings. The third-order valence-corrected chi connectivity index (χ3v) is 3.81. The summed E-state index contributed by atoms with van der Waals surface area (Å²) >= 11 is 12.1. The molecule has 3 heteroatoms. The highest BCUT2D eigenvalue weighted by Gasteiger charge is 2.09. The zero-order chi connectivity index (χ0) is 13.8. The molecule has 0 aliphatic heterocycles. The van der Waals surface area contributed by atoms with Crippen LogP contribution in [0.2, 0.25) is 10.0 Å². The maximum atomic E-state index is 6.15. The minimum atomic E-state index is 0.420. The normalized spacial score (nSPS) is 10.8. The average molecular weight is 295 g/mol. The largest absolute Gasteiger partial charge is 0.489 e. The van der Waals surface area contributed by atoms with Crippen LogP contribution in [0.4, 0.5) is 0 Å². The molecule has 1 nitrogen and oxygen atoms in total. The van der Waals surface area contributed by atoms with E-state index in [9.17, 15) is 0 Å². The number of para-hydroxylation sites is 1. The Morgan fingerprint density at radius 1 is 1.00 bits per heavy atom. The SMILES string of the molecule is CC(C)c1ccccc1OCc1cccc(Cl)c1Cl. The second-order valence-electron chi connectivity index (χ2n) is 4.69. The van der Waals surface area contributed by atoms with Gasteiger partial charge in [0.05, 0.1) is 10.0 Å². The molecule has 100 valence electrons. The van der Waals surface area contributed by atoms with Gasteiger partial charge >= 0.3 is 0 Å². The lowest BCUT2D eigenvalue weighted by Crippen LogP contribution is -2.00. The van der Waals surface area contributed by atoms with E-state index in [1.807, 2.05) is 30.3 Å². The quantitative estimate of drug-likeness (QED) is 0.703. The number of ether oxygens (including phenoxy) is 1. The van der Waals surface area contributed by atoms with Gasteiger partial charge in [0.2, 0.25) is 0 Å². The topological polar surface area (TPSA) is 9.23 Å². The van der Waals surface area contributed by atoms with Crippen molar-refractivity contribution >= 4 is 23.2 Å². The molecule has 0 N–H and O–H groups in total. The Balaban J connectivity index is 2.17. The van der Waals surface area contributed by atoms with E-state index in [0.29, 0.717) is 22.6 Å². The molecule has 0 saturated carbocycles. The van der Waals surface area contributed by atoms with Crippen molar-refractivity contribution in [1.82, 2.24) is 0 Å². The van der Waals surface area contributed by atoms with Crippen molar-refractivity contribution in [2.24, 2.45) is 0 Å². The van der Waals surface area contributed by atoms with Gasteiger partial charge in [-0.25, -0.2) is 0 Å². The van der Waals surface area contributed by atoms with Crippen LogP contribution in [-0.2, 0) is 6.61 Å². The van der Waals surface area contributed by atoms with Crippen LogP contribution >= 0.6 is 23.2 Å². The molecular weight excluding hydrogens is 279 g/mol. The van der Waals surface area contributed by atoms with E-state index in [1.165, 1.54) is 5.56 Å². The summed E-state index contributed by atoms with van der Waals surface area (Å²) in [6, 6.07) is 13.6. The van der Waals surface area contributed by atoms with Crippen molar-refractivity contribution in [2.75, 3.05) is 0 Å². The predicted molar refractivity (Wildman–Crippen MR) is 81.3 cm³/mol. The fourth-order valence-corrected chi connectivity index (χ4v) is 2.28. The first-order valence-corrected chi connectivity index (χ1v) is 6.99. The average Bonchev–Trinajstić information content (AvgIpc) is 2.40. The van der Waals surface area contributed by atoms with Gasteiger partial charge in [0, 0.05) is 5.56 Å². The fraction of sp³-hybridized carbons (Fsp3) is 0.250. The van der Waals surface area contributed by atoms with Crippen molar-refractivity contribution in [3.05, 3.63) is 63.6 Å². The third-order valence-electron chi connectivity index (χ3n) is 2.96. The maximum absolute atomic E-state index is 6.15. The van der Waals surface area contributed by atoms with E-state index >= 15 is 0 Å². The minimum absolute atomic E-state index is 0.420. The van der Waals surface area contributed by atoms with Crippen molar-refractivity contribution in [1.29, 1.82) is 0 Å². The lowest BCUT2D eigenvalue weighted by molar-refractivity contribution is 0.302. The zero-order valence-electron chi connectivity index (χ0n) is 11.0. The fourth-order valence-electron chi connectivity index (χ4n) is 1.90. The molecule has 0 saturated heterocycles. The lowest BCUT2D eigenvalue weighted by Gasteiger charge is -2.14. The summed E-state index contributed by atoms with van der Waals surface area (Å²) in [6.45, 7) is 4.71. The molecule has 0 amide bonds. The summed E-state index contributed by atoms with van der Waals surface area (Å²) in [5.41, 5.74) is 2.09. The number of benzene rings is 2. The highest BCUT2D eigenvalue weighted by molar-refractivity contribution is 6.42. The van der Waals surface area contributed by atoms with Gasteiger partial charge in [0.15, 0.2) is 0 Å². The molecular formula is C16H16Cl2O. The summed E-state index contributed by atoms with van der Waals surface area (Å²) in [4.78, 5) is 0. The van der Waals surface area contributed by atoms with E-state index in [-0.39, 0.29) is 0 Å². The first kappa shape index (κ1) is 14.2. The number of hydrogen-bond acceptors (Lipinski definition) is 1. The maximum Gasteiger partial charge on any atom is 0.123 e. The van der Waals surface area contributed by atoms with Crippen LogP contribution in [0.15, 0.2) is 42.5 Å². The number of hydrogen-bond donors (Lipinski definition) is 0. The van der Waals surface area contributed by atoms with Crippen LogP contribution < -0.4 is 4.74 Å². The van der Waals surface area contributed by atoms with Crippen molar-refractivity contribution < 1.29 is 4.74 Å². The van der Waals surface area contributed by atoms with Gasteiger partial charge in [-0.2, -0.15) is 0 Å². The zero-order valence-corrected chi connectivity index (χ0v) is 12.5. The molecule has 0 fully saturated rings. The minimum Gasteiger partial charge on any atom is -0.489 e. The molecule has 0 radical (unpaired) electrons. The second kappa shape index (κ2) is 6.31. The number of halogens is 2. The highest BCUT2D eigenvalue weighted by atomic mass is 35.5. The summed E-state index contributed by atoms with van der Waals surface area (Å²) in [5, 5.41) is 1.12. The van der Waals surface area contributed by atoms with Gasteiger partial charge in [-0.3, -0.25) is 0 Å². The molecule has 0 spiro atoms. The molecule has 2 rings (SSSR count). The standard InChI is InChI=1S/C16H16Cl2O/c1-11(2)13-7-3-4-9-15(13)19-10-12-6-5-8-14(17)16(12)18/h3-9,11H,10H2,1-2H3. The summed E-state index contributed by atoms with van der Waals surface area (Å²) in [5.74, 6) is 1.32. The highest BCUT2D eigenvalue weighted by Crippen LogP contribution is 2.29. The van der Waals surface area contributed by atoms with Gasteiger partial charge < -0.3 is 4.74 Å². The first-order valence-electron chi connectivity index (χ1n) is 6.24. The molecule has 0 unspecified atom stereocenters. The van der Waals surface area contributed by atoms with Crippen molar-refractivity contribution in [3.8, 4) is 5.75 Å². The summed E-state index contributed by atoms with van der Waals surface area (Å²) in [7, 11) is 0. The predicted octanol–water partition coefficient (Wildman–Crippen LogP) is 5.70. The van der Waals surface area contributed by atoms with E-state index < -0.39 is 0 Å². The lowest BCUT2D eigenvalue weighted by atomic mass is 10.0. The van der Waals surface area contributed by atoms with Gasteiger partial charge in [-0.05, 0) is 23.6 Å². The Bertz CT molecular complexity index is 564. The van der Waals surface area contributed by atoms with Gasteiger partial charge in [-0.1, -0.05) is 67.4 Å². The van der Waals surface area contributed by atoms with Crippen LogP contribution in [0, 0.1) is 0 Å². The van der Waals surface area contributed by atoms with E-state index in [1.54, 1.807) is 6.07 Å². The van der Waals surface area contributed by atoms with Crippen LogP contribution in [0.1, 0.15) is 30.9 Å². The van der Waals surface area contributed by atoms with Gasteiger partial charge in [-0.15, -0.1) is 0 Å². The van der Waals surface area contributed by atoms with Gasteiger partial charge in [0.1, 0.15) is 12.4 Å². The van der Waals surface area contributed by atoms with Gasteiger partial charge in [0.25, 0.3) is 0 Å². The third kappa shape index (κ3) is 3.43. The van der Waals surface area contributed by atoms with Crippen LogP contribution in [0.5, 0.6) is 5.75 Å². The molecule has 19 heavy (non-hydrogen) atoms. The molecule has 0 heterocycles. The van der Waals surface area contributed by atoms with Crippen LogP contribution in [0.3, 0.4) is 0 Å². The molecule has 0 aromatic heterocycles. The van der Waals surface area contributed by atoms with Crippen molar-refractivity contribution in [2.45, 2.75) is 26.4 Å². The first-order chi connectivity index (χ1) is 9.09. The Labute approximate surface area is 124 Å². The second-order valence-corrected chi connectivity index (χ2v) is 5.48. The Morgan fingerprint density at radius 3 is 2.47 bits per heavy atom. The van der Waals surface area contributed by atoms with Crippen LogP contribution in [0.25, 0.3) is 0 Å². The Morgan fingerprint density at radius 2 is 1.74 bits per heavy atom. The smallest absolute Gasteiger partial charge is 0.123 e. The summed E-state index contributed by atoms with van der Waals surface area (Å²) < 4.78 is 5.88. The Hall–Kier alpha value is -1.18. The molecule has 0 aliphatic rings. The number of rotatable bonds is 4. The van der Waals surface area contributed by atoms with E-state index in [4.69, 9.17) is 27.9 Å². The monoisotopic (exact) mass is 294 g/mol. The molecule has 0 bridgehead atoms. The van der Waals surface area contributed by atoms with Crippen LogP contribution in [-0.4, -0.2) is 0 Å². The molecule has 2 aromatic carbocycles. The summed E-state index contributed by atoms with van der Waals surface area (Å²) in [6.07, 6.45) is 0. The molecule has 0 atom stereocenters. The van der Waals surface area contributed by atoms with E-state index in [2.05, 4.69) is 19.9 Å².